The highest BCUT2D eigenvalue weighted by Gasteiger charge is 2.53. The molecule has 2 saturated heterocycles. The molecule has 0 N–H and O–H groups in total. The number of methoxy groups -OCH3 is 1. The van der Waals surface area contributed by atoms with Gasteiger partial charge in [0.25, 0.3) is 0 Å². The van der Waals surface area contributed by atoms with Crippen LogP contribution in [0.2, 0.25) is 0 Å². The normalized spacial score (nSPS) is 26.9. The first-order chi connectivity index (χ1) is 11.2. The molecule has 1 amide bonds. The van der Waals surface area contributed by atoms with Crippen molar-refractivity contribution >= 4 is 5.91 Å². The molecule has 0 aliphatic carbocycles. The molecule has 1 aromatic rings. The Morgan fingerprint density at radius 2 is 2.22 bits per heavy atom. The Labute approximate surface area is 138 Å². The van der Waals surface area contributed by atoms with E-state index in [1.165, 1.54) is 0 Å². The van der Waals surface area contributed by atoms with Crippen molar-refractivity contribution in [1.82, 2.24) is 4.90 Å². The van der Waals surface area contributed by atoms with Gasteiger partial charge in [0.05, 0.1) is 7.11 Å². The first-order valence-electron chi connectivity index (χ1n) is 8.38. The van der Waals surface area contributed by atoms with Crippen molar-refractivity contribution in [2.45, 2.75) is 44.4 Å². The van der Waals surface area contributed by atoms with E-state index in [1.807, 2.05) is 35.2 Å². The van der Waals surface area contributed by atoms with Crippen molar-refractivity contribution in [3.63, 3.8) is 0 Å². The van der Waals surface area contributed by atoms with E-state index in [0.717, 1.165) is 43.6 Å². The Hall–Kier alpha value is -1.81. The minimum absolute atomic E-state index is 0.200. The Morgan fingerprint density at radius 1 is 1.43 bits per heavy atom. The number of ether oxygens (including phenoxy) is 2. The summed E-state index contributed by atoms with van der Waals surface area (Å²) in [4.78, 5) is 14.5. The van der Waals surface area contributed by atoms with E-state index in [0.29, 0.717) is 18.9 Å². The topological polar surface area (TPSA) is 38.8 Å². The maximum atomic E-state index is 12.5. The number of amides is 1. The first-order valence-corrected chi connectivity index (χ1v) is 8.38. The van der Waals surface area contributed by atoms with Crippen molar-refractivity contribution in [3.8, 4) is 5.75 Å². The number of benzene rings is 1. The molecule has 2 fully saturated rings. The van der Waals surface area contributed by atoms with Crippen LogP contribution in [-0.2, 0) is 16.1 Å². The van der Waals surface area contributed by atoms with Gasteiger partial charge in [-0.25, -0.2) is 0 Å². The quantitative estimate of drug-likeness (QED) is 0.754. The number of likely N-dealkylation sites (tertiary alicyclic amines) is 1. The molecule has 0 bridgehead atoms. The van der Waals surface area contributed by atoms with Crippen LogP contribution in [0.5, 0.6) is 5.75 Å². The number of hydrogen-bond donors (Lipinski definition) is 0. The van der Waals surface area contributed by atoms with Crippen molar-refractivity contribution in [3.05, 3.63) is 42.5 Å². The van der Waals surface area contributed by atoms with Crippen LogP contribution >= 0.6 is 0 Å². The second-order valence-corrected chi connectivity index (χ2v) is 6.37. The molecule has 1 aromatic carbocycles. The predicted octanol–water partition coefficient (Wildman–Crippen LogP) is 3.52. The third kappa shape index (κ3) is 3.00. The van der Waals surface area contributed by atoms with Crippen LogP contribution < -0.4 is 4.74 Å². The third-order valence-corrected chi connectivity index (χ3v) is 5.13. The summed E-state index contributed by atoms with van der Waals surface area (Å²) in [6.07, 6.45) is 6.39. The molecule has 2 aliphatic rings. The summed E-state index contributed by atoms with van der Waals surface area (Å²) >= 11 is 0. The second-order valence-electron chi connectivity index (χ2n) is 6.37. The Morgan fingerprint density at radius 3 is 2.91 bits per heavy atom. The SMILES string of the molecule is C=CCCC1CCOC12CCC(=O)N2Cc1ccc(OC)cc1. The van der Waals surface area contributed by atoms with Crippen LogP contribution in [0, 0.1) is 5.92 Å². The predicted molar refractivity (Wildman–Crippen MR) is 89.0 cm³/mol. The molecule has 2 atom stereocenters. The van der Waals surface area contributed by atoms with Gasteiger partial charge in [-0.3, -0.25) is 4.79 Å². The van der Waals surface area contributed by atoms with Gasteiger partial charge in [0.2, 0.25) is 5.91 Å². The average Bonchev–Trinajstić information content (AvgIpc) is 3.13. The molecule has 0 saturated carbocycles. The molecule has 1 spiro atoms. The summed E-state index contributed by atoms with van der Waals surface area (Å²) in [6, 6.07) is 7.91. The summed E-state index contributed by atoms with van der Waals surface area (Å²) in [7, 11) is 1.66. The molecule has 2 heterocycles. The van der Waals surface area contributed by atoms with Crippen LogP contribution in [0.25, 0.3) is 0 Å². The van der Waals surface area contributed by atoms with Crippen molar-refractivity contribution < 1.29 is 14.3 Å². The molecule has 4 heteroatoms. The van der Waals surface area contributed by atoms with Gasteiger partial charge in [0, 0.05) is 31.9 Å². The van der Waals surface area contributed by atoms with Gasteiger partial charge in [-0.2, -0.15) is 0 Å². The number of allylic oxidation sites excluding steroid dienone is 1. The zero-order valence-corrected chi connectivity index (χ0v) is 13.8. The maximum Gasteiger partial charge on any atom is 0.225 e. The fourth-order valence-corrected chi connectivity index (χ4v) is 3.89. The van der Waals surface area contributed by atoms with Crippen LogP contribution in [-0.4, -0.2) is 30.2 Å². The summed E-state index contributed by atoms with van der Waals surface area (Å²) in [5.74, 6) is 1.44. The zero-order chi connectivity index (χ0) is 16.3. The van der Waals surface area contributed by atoms with Gasteiger partial charge in [0.1, 0.15) is 11.5 Å². The first kappa shape index (κ1) is 16.1. The lowest BCUT2D eigenvalue weighted by atomic mass is 9.88. The lowest BCUT2D eigenvalue weighted by molar-refractivity contribution is -0.158. The van der Waals surface area contributed by atoms with E-state index in [4.69, 9.17) is 9.47 Å². The Kier molecular flexibility index (Phi) is 4.71. The van der Waals surface area contributed by atoms with E-state index in [1.54, 1.807) is 7.11 Å². The minimum atomic E-state index is -0.403. The lowest BCUT2D eigenvalue weighted by Gasteiger charge is -2.39. The monoisotopic (exact) mass is 315 g/mol. The summed E-state index contributed by atoms with van der Waals surface area (Å²) < 4.78 is 11.4. The third-order valence-electron chi connectivity index (χ3n) is 5.13. The van der Waals surface area contributed by atoms with Gasteiger partial charge < -0.3 is 14.4 Å². The molecule has 0 radical (unpaired) electrons. The minimum Gasteiger partial charge on any atom is -0.497 e. The highest BCUT2D eigenvalue weighted by atomic mass is 16.5. The van der Waals surface area contributed by atoms with E-state index in [2.05, 4.69) is 6.58 Å². The number of rotatable bonds is 6. The summed E-state index contributed by atoms with van der Waals surface area (Å²) in [5.41, 5.74) is 0.707. The number of nitrogens with zero attached hydrogens (tertiary/aromatic N) is 1. The smallest absolute Gasteiger partial charge is 0.225 e. The standard InChI is InChI=1S/C19H25NO3/c1-3-4-5-16-11-13-23-19(16)12-10-18(21)20(19)14-15-6-8-17(22-2)9-7-15/h3,6-9,16H,1,4-5,10-14H2,2H3. The maximum absolute atomic E-state index is 12.5. The van der Waals surface area contributed by atoms with Crippen molar-refractivity contribution in [1.29, 1.82) is 0 Å². The number of carbonyl (C=O) groups is 1. The van der Waals surface area contributed by atoms with Crippen LogP contribution in [0.15, 0.2) is 36.9 Å². The largest absolute Gasteiger partial charge is 0.497 e. The molecule has 2 unspecified atom stereocenters. The van der Waals surface area contributed by atoms with Crippen LogP contribution in [0.1, 0.15) is 37.7 Å². The fourth-order valence-electron chi connectivity index (χ4n) is 3.89. The van der Waals surface area contributed by atoms with Crippen LogP contribution in [0.4, 0.5) is 0 Å². The molecule has 0 aromatic heterocycles. The fraction of sp³-hybridized carbons (Fsp3) is 0.526. The number of carbonyl (C=O) groups excluding carboxylic acids is 1. The van der Waals surface area contributed by atoms with Gasteiger partial charge in [-0.15, -0.1) is 6.58 Å². The molecular weight excluding hydrogens is 290 g/mol. The number of hydrogen-bond acceptors (Lipinski definition) is 3. The van der Waals surface area contributed by atoms with E-state index >= 15 is 0 Å². The van der Waals surface area contributed by atoms with Crippen LogP contribution in [0.3, 0.4) is 0 Å². The van der Waals surface area contributed by atoms with Gasteiger partial charge in [0.15, 0.2) is 0 Å². The average molecular weight is 315 g/mol. The highest BCUT2D eigenvalue weighted by molar-refractivity contribution is 5.79. The Balaban J connectivity index is 1.79. The Bertz CT molecular complexity index is 568. The molecule has 124 valence electrons. The highest BCUT2D eigenvalue weighted by Crippen LogP contribution is 2.46. The van der Waals surface area contributed by atoms with Gasteiger partial charge in [-0.1, -0.05) is 18.2 Å². The molecular formula is C19H25NO3. The second kappa shape index (κ2) is 6.75. The lowest BCUT2D eigenvalue weighted by Crippen LogP contribution is -2.49. The van der Waals surface area contributed by atoms with Gasteiger partial charge >= 0.3 is 0 Å². The molecule has 23 heavy (non-hydrogen) atoms. The van der Waals surface area contributed by atoms with E-state index in [9.17, 15) is 4.79 Å². The molecule has 3 rings (SSSR count). The summed E-state index contributed by atoms with van der Waals surface area (Å²) in [5, 5.41) is 0. The van der Waals surface area contributed by atoms with Gasteiger partial charge in [-0.05, 0) is 37.0 Å². The van der Waals surface area contributed by atoms with Crippen molar-refractivity contribution in [2.75, 3.05) is 13.7 Å². The van der Waals surface area contributed by atoms with Crippen molar-refractivity contribution in [2.24, 2.45) is 5.92 Å². The molecule has 2 aliphatic heterocycles. The zero-order valence-electron chi connectivity index (χ0n) is 13.8. The van der Waals surface area contributed by atoms with E-state index in [-0.39, 0.29) is 5.91 Å². The molecule has 4 nitrogen and oxygen atoms in total. The van der Waals surface area contributed by atoms with E-state index < -0.39 is 5.72 Å². The summed E-state index contributed by atoms with van der Waals surface area (Å²) in [6.45, 7) is 5.17.